The molecule has 2 atom stereocenters. The van der Waals surface area contributed by atoms with Crippen LogP contribution in [0.5, 0.6) is 17.2 Å². The van der Waals surface area contributed by atoms with E-state index in [4.69, 9.17) is 9.47 Å². The number of nitrogens with one attached hydrogen (secondary N) is 2. The van der Waals surface area contributed by atoms with Crippen molar-refractivity contribution in [1.82, 2.24) is 15.2 Å². The van der Waals surface area contributed by atoms with Gasteiger partial charge >= 0.3 is 0 Å². The van der Waals surface area contributed by atoms with Crippen molar-refractivity contribution in [3.8, 4) is 17.2 Å². The third-order valence-electron chi connectivity index (χ3n) is 5.30. The van der Waals surface area contributed by atoms with E-state index in [1.807, 2.05) is 0 Å². The number of aromatic nitrogens is 1. The lowest BCUT2D eigenvalue weighted by atomic mass is 9.89. The summed E-state index contributed by atoms with van der Waals surface area (Å²) in [7, 11) is 1.60. The second kappa shape index (κ2) is 8.25. The average Bonchev–Trinajstić information content (AvgIpc) is 3.06. The number of hydrogen-bond acceptors (Lipinski definition) is 6. The van der Waals surface area contributed by atoms with E-state index in [1.54, 1.807) is 80.9 Å². The maximum atomic E-state index is 12.9. The Morgan fingerprint density at radius 1 is 1.00 bits per heavy atom. The molecule has 0 saturated carbocycles. The number of carbonyl (C=O) groups excluding carboxylic acids is 1. The van der Waals surface area contributed by atoms with Gasteiger partial charge in [-0.05, 0) is 55.0 Å². The van der Waals surface area contributed by atoms with Crippen molar-refractivity contribution in [2.75, 3.05) is 7.11 Å². The number of amides is 1. The first-order chi connectivity index (χ1) is 14.9. The molecule has 3 aromatic rings. The van der Waals surface area contributed by atoms with Crippen molar-refractivity contribution >= 4 is 5.91 Å². The lowest BCUT2D eigenvalue weighted by molar-refractivity contribution is -0.125. The van der Waals surface area contributed by atoms with E-state index in [0.29, 0.717) is 22.6 Å². The van der Waals surface area contributed by atoms with Gasteiger partial charge in [0.15, 0.2) is 6.35 Å². The fourth-order valence-corrected chi connectivity index (χ4v) is 3.63. The molecule has 1 aliphatic rings. The Bertz CT molecular complexity index is 1140. The molecule has 1 aliphatic heterocycles. The smallest absolute Gasteiger partial charge is 0.253 e. The van der Waals surface area contributed by atoms with Crippen LogP contribution in [0.3, 0.4) is 0 Å². The highest BCUT2D eigenvalue weighted by Crippen LogP contribution is 2.31. The molecule has 0 spiro atoms. The van der Waals surface area contributed by atoms with Crippen LogP contribution in [0.1, 0.15) is 11.1 Å². The zero-order valence-corrected chi connectivity index (χ0v) is 17.2. The lowest BCUT2D eigenvalue weighted by Gasteiger charge is -2.28. The number of ether oxygens (including phenoxy) is 2. The molecule has 0 bridgehead atoms. The van der Waals surface area contributed by atoms with Crippen molar-refractivity contribution in [3.63, 3.8) is 0 Å². The summed E-state index contributed by atoms with van der Waals surface area (Å²) in [6.07, 6.45) is 0.404. The normalized spacial score (nSPS) is 20.4. The topological polar surface area (TPSA) is 102 Å². The van der Waals surface area contributed by atoms with Gasteiger partial charge in [-0.1, -0.05) is 18.2 Å². The molecule has 2 heterocycles. The van der Waals surface area contributed by atoms with Crippen molar-refractivity contribution < 1.29 is 19.4 Å². The Balaban J connectivity index is 1.63. The minimum atomic E-state index is -1.31. The van der Waals surface area contributed by atoms with E-state index < -0.39 is 17.8 Å². The molecule has 1 amide bonds. The highest BCUT2D eigenvalue weighted by molar-refractivity contribution is 5.89. The van der Waals surface area contributed by atoms with E-state index in [-0.39, 0.29) is 12.1 Å². The van der Waals surface area contributed by atoms with E-state index in [9.17, 15) is 14.7 Å². The Hall–Kier alpha value is -3.62. The maximum Gasteiger partial charge on any atom is 0.253 e. The van der Waals surface area contributed by atoms with Crippen LogP contribution in [0.25, 0.3) is 0 Å². The molecule has 2 aromatic carbocycles. The molecule has 31 heavy (non-hydrogen) atoms. The third kappa shape index (κ3) is 4.03. The van der Waals surface area contributed by atoms with Crippen LogP contribution in [0, 0.1) is 6.92 Å². The molecule has 2 unspecified atom stereocenters. The number of pyridine rings is 1. The summed E-state index contributed by atoms with van der Waals surface area (Å²) in [5.41, 5.74) is -0.343. The summed E-state index contributed by atoms with van der Waals surface area (Å²) >= 11 is 0. The van der Waals surface area contributed by atoms with Gasteiger partial charge in [-0.25, -0.2) is 0 Å². The van der Waals surface area contributed by atoms with E-state index >= 15 is 0 Å². The molecule has 4 rings (SSSR count). The molecular weight excluding hydrogens is 398 g/mol. The number of rotatable bonds is 6. The van der Waals surface area contributed by atoms with Crippen LogP contribution >= 0.6 is 0 Å². The predicted octanol–water partition coefficient (Wildman–Crippen LogP) is 1.85. The zero-order chi connectivity index (χ0) is 22.0. The van der Waals surface area contributed by atoms with Crippen LogP contribution in [-0.2, 0) is 16.9 Å². The summed E-state index contributed by atoms with van der Waals surface area (Å²) in [4.78, 5) is 25.4. The third-order valence-corrected chi connectivity index (χ3v) is 5.30. The summed E-state index contributed by atoms with van der Waals surface area (Å²) < 4.78 is 12.4. The van der Waals surface area contributed by atoms with Gasteiger partial charge in [0.25, 0.3) is 5.56 Å². The molecule has 3 N–H and O–H groups in total. The van der Waals surface area contributed by atoms with Gasteiger partial charge in [-0.2, -0.15) is 0 Å². The highest BCUT2D eigenvalue weighted by Gasteiger charge is 2.48. The van der Waals surface area contributed by atoms with Crippen molar-refractivity contribution in [1.29, 1.82) is 0 Å². The van der Waals surface area contributed by atoms with Gasteiger partial charge < -0.3 is 24.5 Å². The fourth-order valence-electron chi connectivity index (χ4n) is 3.63. The molecular formula is C23H23N3O5. The summed E-state index contributed by atoms with van der Waals surface area (Å²) in [5, 5.41) is 15.4. The molecule has 0 aliphatic carbocycles. The quantitative estimate of drug-likeness (QED) is 0.562. The SMILES string of the molecule is COc1ccc(Oc2ccc(C3(Cn4cccc(C)c4=O)NC(O)NC3=O)cc2)cc1. The Labute approximate surface area is 179 Å². The molecule has 1 saturated heterocycles. The van der Waals surface area contributed by atoms with Crippen LogP contribution in [-0.4, -0.2) is 29.0 Å². The number of methoxy groups -OCH3 is 1. The minimum absolute atomic E-state index is 0.0229. The lowest BCUT2D eigenvalue weighted by Crippen LogP contribution is -2.49. The average molecular weight is 421 g/mol. The number of aliphatic hydroxyl groups is 1. The number of aliphatic hydroxyl groups excluding tert-OH is 1. The maximum absolute atomic E-state index is 12.9. The molecule has 1 fully saturated rings. The highest BCUT2D eigenvalue weighted by atomic mass is 16.5. The van der Waals surface area contributed by atoms with Gasteiger partial charge in [-0.15, -0.1) is 0 Å². The van der Waals surface area contributed by atoms with Crippen LogP contribution in [0.4, 0.5) is 0 Å². The van der Waals surface area contributed by atoms with Gasteiger partial charge in [0.2, 0.25) is 5.91 Å². The minimum Gasteiger partial charge on any atom is -0.497 e. The molecule has 160 valence electrons. The fraction of sp³-hybridized carbons (Fsp3) is 0.217. The number of benzene rings is 2. The van der Waals surface area contributed by atoms with Gasteiger partial charge in [-0.3, -0.25) is 14.9 Å². The second-order valence-electron chi connectivity index (χ2n) is 7.35. The molecule has 8 nitrogen and oxygen atoms in total. The first kappa shape index (κ1) is 20.6. The standard InChI is InChI=1S/C23H23N3O5/c1-15-4-3-13-26(20(15)27)14-23(21(28)24-22(29)25-23)16-5-7-18(8-6-16)31-19-11-9-17(30-2)10-12-19/h3-13,22,25,29H,14H2,1-2H3,(H,24,28). The molecule has 1 aromatic heterocycles. The van der Waals surface area contributed by atoms with Gasteiger partial charge in [0, 0.05) is 11.8 Å². The summed E-state index contributed by atoms with van der Waals surface area (Å²) in [5.74, 6) is 1.53. The van der Waals surface area contributed by atoms with Crippen LogP contribution in [0.2, 0.25) is 0 Å². The van der Waals surface area contributed by atoms with Crippen LogP contribution in [0.15, 0.2) is 71.7 Å². The van der Waals surface area contributed by atoms with Gasteiger partial charge in [0.1, 0.15) is 22.8 Å². The Kier molecular flexibility index (Phi) is 5.50. The van der Waals surface area contributed by atoms with E-state index in [2.05, 4.69) is 10.6 Å². The number of carbonyl (C=O) groups is 1. The zero-order valence-electron chi connectivity index (χ0n) is 17.2. The Morgan fingerprint density at radius 2 is 1.61 bits per heavy atom. The summed E-state index contributed by atoms with van der Waals surface area (Å²) in [6.45, 7) is 1.74. The number of hydrogen-bond donors (Lipinski definition) is 3. The monoisotopic (exact) mass is 421 g/mol. The summed E-state index contributed by atoms with van der Waals surface area (Å²) in [6, 6.07) is 17.6. The first-order valence-electron chi connectivity index (χ1n) is 9.76. The van der Waals surface area contributed by atoms with Crippen molar-refractivity contribution in [2.24, 2.45) is 0 Å². The largest absolute Gasteiger partial charge is 0.497 e. The Morgan fingerprint density at radius 3 is 2.19 bits per heavy atom. The van der Waals surface area contributed by atoms with Crippen molar-refractivity contribution in [3.05, 3.63) is 88.3 Å². The predicted molar refractivity (Wildman–Crippen MR) is 114 cm³/mol. The van der Waals surface area contributed by atoms with E-state index in [0.717, 1.165) is 5.75 Å². The molecule has 0 radical (unpaired) electrons. The second-order valence-corrected chi connectivity index (χ2v) is 7.35. The first-order valence-corrected chi connectivity index (χ1v) is 9.76. The number of nitrogens with zero attached hydrogens (tertiary/aromatic N) is 1. The number of aryl methyl sites for hydroxylation is 1. The van der Waals surface area contributed by atoms with Crippen LogP contribution < -0.4 is 25.7 Å². The van der Waals surface area contributed by atoms with Crippen molar-refractivity contribution in [2.45, 2.75) is 25.4 Å². The van der Waals surface area contributed by atoms with E-state index in [1.165, 1.54) is 4.57 Å². The van der Waals surface area contributed by atoms with Gasteiger partial charge in [0.05, 0.1) is 13.7 Å². The molecule has 8 heteroatoms.